The molecule has 2 unspecified atom stereocenters. The first-order valence-corrected chi connectivity index (χ1v) is 5.85. The molecule has 0 aromatic heterocycles. The number of hydrogen-bond acceptors (Lipinski definition) is 3. The Hall–Kier alpha value is -0.120. The van der Waals surface area contributed by atoms with Crippen LogP contribution in [0, 0.1) is 5.92 Å². The second-order valence-electron chi connectivity index (χ2n) is 5.80. The van der Waals surface area contributed by atoms with Gasteiger partial charge in [-0.1, -0.05) is 6.92 Å². The van der Waals surface area contributed by atoms with E-state index in [2.05, 4.69) is 46.6 Å². The average molecular weight is 214 g/mol. The van der Waals surface area contributed by atoms with Crippen molar-refractivity contribution in [2.24, 2.45) is 11.7 Å². The van der Waals surface area contributed by atoms with E-state index in [1.54, 1.807) is 0 Å². The molecular weight excluding hydrogens is 188 g/mol. The molecule has 3 heteroatoms. The van der Waals surface area contributed by atoms with E-state index in [0.29, 0.717) is 5.92 Å². The van der Waals surface area contributed by atoms with Crippen LogP contribution in [0.2, 0.25) is 0 Å². The molecule has 0 aliphatic carbocycles. The Morgan fingerprint density at radius 2 is 1.73 bits per heavy atom. The van der Waals surface area contributed by atoms with Gasteiger partial charge in [0, 0.05) is 18.5 Å². The molecule has 1 heterocycles. The number of ether oxygens (including phenoxy) is 1. The van der Waals surface area contributed by atoms with Crippen LogP contribution >= 0.6 is 0 Å². The van der Waals surface area contributed by atoms with Crippen LogP contribution in [0.25, 0.3) is 0 Å². The van der Waals surface area contributed by atoms with Crippen LogP contribution < -0.4 is 5.73 Å². The highest BCUT2D eigenvalue weighted by Gasteiger charge is 2.52. The molecule has 90 valence electrons. The van der Waals surface area contributed by atoms with Gasteiger partial charge in [-0.25, -0.2) is 0 Å². The molecule has 1 rings (SSSR count). The molecule has 0 bridgehead atoms. The lowest BCUT2D eigenvalue weighted by Gasteiger charge is -2.30. The zero-order chi connectivity index (χ0) is 11.9. The SMILES string of the molecule is CCN(C)CC1C(N)C(C)(C)OC1(C)C. The average Bonchev–Trinajstić information content (AvgIpc) is 2.23. The van der Waals surface area contributed by atoms with Crippen LogP contribution in [0.5, 0.6) is 0 Å². The highest BCUT2D eigenvalue weighted by atomic mass is 16.5. The summed E-state index contributed by atoms with van der Waals surface area (Å²) in [6, 6.07) is 0.112. The van der Waals surface area contributed by atoms with Crippen LogP contribution in [0.3, 0.4) is 0 Å². The molecule has 0 aromatic rings. The van der Waals surface area contributed by atoms with Gasteiger partial charge in [-0.3, -0.25) is 0 Å². The Morgan fingerprint density at radius 3 is 2.07 bits per heavy atom. The maximum Gasteiger partial charge on any atom is 0.0788 e. The van der Waals surface area contributed by atoms with Crippen molar-refractivity contribution in [2.45, 2.75) is 51.9 Å². The predicted molar refractivity (Wildman–Crippen MR) is 63.9 cm³/mol. The van der Waals surface area contributed by atoms with Crippen LogP contribution in [0.15, 0.2) is 0 Å². The molecule has 0 amide bonds. The van der Waals surface area contributed by atoms with Gasteiger partial charge in [0.1, 0.15) is 0 Å². The fourth-order valence-corrected chi connectivity index (χ4v) is 2.54. The minimum absolute atomic E-state index is 0.112. The van der Waals surface area contributed by atoms with Crippen LogP contribution in [-0.4, -0.2) is 42.3 Å². The summed E-state index contributed by atoms with van der Waals surface area (Å²) in [5.74, 6) is 0.400. The van der Waals surface area contributed by atoms with Crippen molar-refractivity contribution < 1.29 is 4.74 Å². The minimum Gasteiger partial charge on any atom is -0.368 e. The predicted octanol–water partition coefficient (Wildman–Crippen LogP) is 1.47. The van der Waals surface area contributed by atoms with Crippen molar-refractivity contribution in [3.8, 4) is 0 Å². The van der Waals surface area contributed by atoms with Crippen molar-refractivity contribution in [2.75, 3.05) is 20.1 Å². The maximum absolute atomic E-state index is 6.28. The largest absolute Gasteiger partial charge is 0.368 e. The Labute approximate surface area is 94.0 Å². The third kappa shape index (κ3) is 2.52. The fraction of sp³-hybridized carbons (Fsp3) is 1.00. The molecular formula is C12H26N2O. The van der Waals surface area contributed by atoms with Gasteiger partial charge in [0.05, 0.1) is 11.2 Å². The summed E-state index contributed by atoms with van der Waals surface area (Å²) in [6.07, 6.45) is 0. The van der Waals surface area contributed by atoms with Gasteiger partial charge in [-0.05, 0) is 41.3 Å². The first-order valence-electron chi connectivity index (χ1n) is 5.85. The normalized spacial score (nSPS) is 33.6. The zero-order valence-electron chi connectivity index (χ0n) is 11.0. The lowest BCUT2D eigenvalue weighted by atomic mass is 9.83. The molecule has 2 N–H and O–H groups in total. The Kier molecular flexibility index (Phi) is 3.49. The van der Waals surface area contributed by atoms with Crippen molar-refractivity contribution >= 4 is 0 Å². The number of hydrogen-bond donors (Lipinski definition) is 1. The van der Waals surface area contributed by atoms with Crippen molar-refractivity contribution in [1.82, 2.24) is 4.90 Å². The van der Waals surface area contributed by atoms with Crippen molar-refractivity contribution in [3.05, 3.63) is 0 Å². The van der Waals surface area contributed by atoms with E-state index in [1.165, 1.54) is 0 Å². The summed E-state index contributed by atoms with van der Waals surface area (Å²) < 4.78 is 6.05. The van der Waals surface area contributed by atoms with Gasteiger partial charge >= 0.3 is 0 Å². The van der Waals surface area contributed by atoms with E-state index < -0.39 is 0 Å². The molecule has 15 heavy (non-hydrogen) atoms. The molecule has 2 atom stereocenters. The highest BCUT2D eigenvalue weighted by Crippen LogP contribution is 2.41. The van der Waals surface area contributed by atoms with Crippen LogP contribution in [0.4, 0.5) is 0 Å². The summed E-state index contributed by atoms with van der Waals surface area (Å²) in [5, 5.41) is 0. The smallest absolute Gasteiger partial charge is 0.0788 e. The van der Waals surface area contributed by atoms with Gasteiger partial charge in [-0.2, -0.15) is 0 Å². The summed E-state index contributed by atoms with van der Waals surface area (Å²) in [6.45, 7) is 12.7. The molecule has 1 saturated heterocycles. The van der Waals surface area contributed by atoms with Gasteiger partial charge in [0.15, 0.2) is 0 Å². The second-order valence-corrected chi connectivity index (χ2v) is 5.80. The van der Waals surface area contributed by atoms with Gasteiger partial charge in [0.25, 0.3) is 0 Å². The van der Waals surface area contributed by atoms with Gasteiger partial charge < -0.3 is 15.4 Å². The molecule has 0 spiro atoms. The zero-order valence-corrected chi connectivity index (χ0v) is 11.0. The van der Waals surface area contributed by atoms with E-state index in [9.17, 15) is 0 Å². The number of nitrogens with two attached hydrogens (primary N) is 1. The monoisotopic (exact) mass is 214 g/mol. The van der Waals surface area contributed by atoms with E-state index in [-0.39, 0.29) is 17.2 Å². The van der Waals surface area contributed by atoms with E-state index in [4.69, 9.17) is 10.5 Å². The van der Waals surface area contributed by atoms with Gasteiger partial charge in [0.2, 0.25) is 0 Å². The van der Waals surface area contributed by atoms with Crippen LogP contribution in [-0.2, 0) is 4.74 Å². The third-order valence-corrected chi connectivity index (χ3v) is 3.70. The molecule has 3 nitrogen and oxygen atoms in total. The molecule has 0 saturated carbocycles. The van der Waals surface area contributed by atoms with Crippen molar-refractivity contribution in [3.63, 3.8) is 0 Å². The third-order valence-electron chi connectivity index (χ3n) is 3.70. The first kappa shape index (κ1) is 12.9. The molecule has 1 aliphatic heterocycles. The highest BCUT2D eigenvalue weighted by molar-refractivity contribution is 5.04. The Morgan fingerprint density at radius 1 is 1.20 bits per heavy atom. The topological polar surface area (TPSA) is 38.5 Å². The molecule has 1 aliphatic rings. The molecule has 1 fully saturated rings. The Bertz CT molecular complexity index is 226. The van der Waals surface area contributed by atoms with E-state index in [1.807, 2.05) is 0 Å². The summed E-state index contributed by atoms with van der Waals surface area (Å²) >= 11 is 0. The standard InChI is InChI=1S/C12H26N2O/c1-7-14(6)8-9-10(13)12(4,5)15-11(9,2)3/h9-10H,7-8,13H2,1-6H3. The second kappa shape index (κ2) is 4.04. The number of nitrogens with zero attached hydrogens (tertiary/aromatic N) is 1. The van der Waals surface area contributed by atoms with E-state index >= 15 is 0 Å². The van der Waals surface area contributed by atoms with Crippen LogP contribution in [0.1, 0.15) is 34.6 Å². The summed E-state index contributed by atoms with van der Waals surface area (Å²) in [4.78, 5) is 2.30. The lowest BCUT2D eigenvalue weighted by molar-refractivity contribution is -0.0779. The fourth-order valence-electron chi connectivity index (χ4n) is 2.54. The quantitative estimate of drug-likeness (QED) is 0.773. The van der Waals surface area contributed by atoms with Crippen molar-refractivity contribution in [1.29, 1.82) is 0 Å². The van der Waals surface area contributed by atoms with Gasteiger partial charge in [-0.15, -0.1) is 0 Å². The summed E-state index contributed by atoms with van der Waals surface area (Å²) in [5.41, 5.74) is 5.96. The maximum atomic E-state index is 6.28. The molecule has 0 radical (unpaired) electrons. The van der Waals surface area contributed by atoms with E-state index in [0.717, 1.165) is 13.1 Å². The molecule has 0 aromatic carbocycles. The summed E-state index contributed by atoms with van der Waals surface area (Å²) in [7, 11) is 2.13. The Balaban J connectivity index is 2.78. The lowest BCUT2D eigenvalue weighted by Crippen LogP contribution is -2.47. The first-order chi connectivity index (χ1) is 6.70. The minimum atomic E-state index is -0.206. The number of rotatable bonds is 3.